The number of carbonyl (C=O) groups is 2. The minimum Gasteiger partial charge on any atom is -0.337 e. The van der Waals surface area contributed by atoms with Gasteiger partial charge in [-0.2, -0.15) is 0 Å². The van der Waals surface area contributed by atoms with E-state index in [0.717, 1.165) is 32.7 Å². The second-order valence-corrected chi connectivity index (χ2v) is 5.82. The lowest BCUT2D eigenvalue weighted by Crippen LogP contribution is -3.20. The van der Waals surface area contributed by atoms with Crippen LogP contribution in [0.25, 0.3) is 0 Å². The molecule has 0 radical (unpaired) electrons. The number of hydrogen-bond acceptors (Lipinski definition) is 4. The standard InChI is InChI=1S/C14H21N5O2S/c1-2-6-19-13(21)11(12(20)17-14(19)22)10-16-5-9-18-7-3-15-4-8-18/h2,10-11,15H,1,3-9H2,(H,17,20,22)/p+2/t11-/m0/s1. The molecule has 0 aromatic carbocycles. The molecular weight excluding hydrogens is 302 g/mol. The molecule has 0 bridgehead atoms. The molecule has 0 aliphatic carbocycles. The first-order valence-corrected chi connectivity index (χ1v) is 7.96. The average molecular weight is 325 g/mol. The molecule has 0 saturated carbocycles. The molecule has 0 unspecified atom stereocenters. The minimum absolute atomic E-state index is 0.133. The van der Waals surface area contributed by atoms with E-state index >= 15 is 0 Å². The van der Waals surface area contributed by atoms with Crippen LogP contribution in [0.2, 0.25) is 0 Å². The summed E-state index contributed by atoms with van der Waals surface area (Å²) >= 11 is 5.00. The van der Waals surface area contributed by atoms with E-state index in [0.29, 0.717) is 6.54 Å². The average Bonchev–Trinajstić information content (AvgIpc) is 2.51. The highest BCUT2D eigenvalue weighted by Gasteiger charge is 2.36. The zero-order chi connectivity index (χ0) is 15.9. The molecule has 2 amide bonds. The van der Waals surface area contributed by atoms with Crippen LogP contribution in [-0.2, 0) is 9.59 Å². The Morgan fingerprint density at radius 3 is 2.86 bits per heavy atom. The van der Waals surface area contributed by atoms with Gasteiger partial charge in [0.05, 0.1) is 13.1 Å². The third kappa shape index (κ3) is 4.19. The second-order valence-electron chi connectivity index (χ2n) is 5.43. The van der Waals surface area contributed by atoms with Crippen molar-refractivity contribution in [3.63, 3.8) is 0 Å². The summed E-state index contributed by atoms with van der Waals surface area (Å²) in [6.07, 6.45) is 3.03. The topological polar surface area (TPSA) is 82.8 Å². The number of carbonyl (C=O) groups excluding carboxylic acids is 2. The number of quaternary nitrogens is 2. The quantitative estimate of drug-likeness (QED) is 0.206. The molecule has 1 atom stereocenters. The zero-order valence-electron chi connectivity index (χ0n) is 12.6. The van der Waals surface area contributed by atoms with Crippen LogP contribution in [-0.4, -0.2) is 73.9 Å². The predicted molar refractivity (Wildman–Crippen MR) is 86.7 cm³/mol. The maximum absolute atomic E-state index is 12.3. The molecule has 0 spiro atoms. The Labute approximate surface area is 135 Å². The van der Waals surface area contributed by atoms with E-state index in [9.17, 15) is 9.59 Å². The first kappa shape index (κ1) is 16.7. The third-order valence-corrected chi connectivity index (χ3v) is 4.18. The molecule has 22 heavy (non-hydrogen) atoms. The summed E-state index contributed by atoms with van der Waals surface area (Å²) in [6.45, 7) is 10.0. The van der Waals surface area contributed by atoms with E-state index in [-0.39, 0.29) is 17.6 Å². The van der Waals surface area contributed by atoms with E-state index in [2.05, 4.69) is 22.2 Å². The van der Waals surface area contributed by atoms with Crippen molar-refractivity contribution in [3.05, 3.63) is 12.7 Å². The third-order valence-electron chi connectivity index (χ3n) is 3.85. The SMILES string of the molecule is C=CCN1C(=O)[C@@H](C=NCC[NH+]2CC[NH2+]CC2)C(=O)NC1=S. The molecule has 120 valence electrons. The summed E-state index contributed by atoms with van der Waals surface area (Å²) in [5.41, 5.74) is 0. The Kier molecular flexibility index (Phi) is 6.17. The van der Waals surface area contributed by atoms with Gasteiger partial charge in [0.1, 0.15) is 26.2 Å². The largest absolute Gasteiger partial charge is 0.337 e. The summed E-state index contributed by atoms with van der Waals surface area (Å²) in [7, 11) is 0. The Bertz CT molecular complexity index is 488. The summed E-state index contributed by atoms with van der Waals surface area (Å²) in [6, 6.07) is 0. The second kappa shape index (κ2) is 8.11. The molecule has 2 fully saturated rings. The first-order chi connectivity index (χ1) is 10.6. The van der Waals surface area contributed by atoms with Crippen LogP contribution < -0.4 is 15.5 Å². The molecular formula is C14H23N5O2S+2. The number of nitrogens with one attached hydrogen (secondary N) is 2. The molecule has 4 N–H and O–H groups in total. The van der Waals surface area contributed by atoms with Gasteiger partial charge in [-0.05, 0) is 12.2 Å². The van der Waals surface area contributed by atoms with Gasteiger partial charge in [0.25, 0.3) is 0 Å². The summed E-state index contributed by atoms with van der Waals surface area (Å²) in [5, 5.41) is 4.98. The Morgan fingerprint density at radius 1 is 1.45 bits per heavy atom. The number of rotatable bonds is 6. The monoisotopic (exact) mass is 325 g/mol. The van der Waals surface area contributed by atoms with Crippen molar-refractivity contribution in [1.29, 1.82) is 0 Å². The Morgan fingerprint density at radius 2 is 2.18 bits per heavy atom. The number of aliphatic imine (C=N–C) groups is 1. The zero-order valence-corrected chi connectivity index (χ0v) is 13.4. The lowest BCUT2D eigenvalue weighted by molar-refractivity contribution is -0.945. The lowest BCUT2D eigenvalue weighted by Gasteiger charge is -2.30. The van der Waals surface area contributed by atoms with Crippen molar-refractivity contribution >= 4 is 35.4 Å². The first-order valence-electron chi connectivity index (χ1n) is 7.55. The lowest BCUT2D eigenvalue weighted by atomic mass is 10.1. The maximum Gasteiger partial charge on any atom is 0.247 e. The van der Waals surface area contributed by atoms with Gasteiger partial charge in [0.15, 0.2) is 11.0 Å². The summed E-state index contributed by atoms with van der Waals surface area (Å²) in [4.78, 5) is 31.3. The van der Waals surface area contributed by atoms with Crippen molar-refractivity contribution in [2.45, 2.75) is 0 Å². The van der Waals surface area contributed by atoms with Gasteiger partial charge in [-0.15, -0.1) is 6.58 Å². The van der Waals surface area contributed by atoms with Gasteiger partial charge >= 0.3 is 0 Å². The van der Waals surface area contributed by atoms with Crippen molar-refractivity contribution in [2.75, 3.05) is 45.8 Å². The number of amides is 2. The molecule has 7 nitrogen and oxygen atoms in total. The summed E-state index contributed by atoms with van der Waals surface area (Å²) < 4.78 is 0. The number of hydrogen-bond donors (Lipinski definition) is 3. The highest BCUT2D eigenvalue weighted by Crippen LogP contribution is 2.09. The fraction of sp³-hybridized carbons (Fsp3) is 0.571. The number of piperazine rings is 1. The summed E-state index contributed by atoms with van der Waals surface area (Å²) in [5.74, 6) is -1.63. The van der Waals surface area contributed by atoms with Crippen LogP contribution in [0, 0.1) is 5.92 Å². The van der Waals surface area contributed by atoms with Crippen LogP contribution in [0.4, 0.5) is 0 Å². The normalized spacial score (nSPS) is 23.9. The molecule has 2 aliphatic heterocycles. The van der Waals surface area contributed by atoms with Crippen LogP contribution in [0.5, 0.6) is 0 Å². The molecule has 2 aliphatic rings. The van der Waals surface area contributed by atoms with E-state index in [4.69, 9.17) is 12.2 Å². The number of nitrogens with zero attached hydrogens (tertiary/aromatic N) is 2. The van der Waals surface area contributed by atoms with Crippen molar-refractivity contribution < 1.29 is 19.8 Å². The smallest absolute Gasteiger partial charge is 0.247 e. The Hall–Kier alpha value is -1.64. The van der Waals surface area contributed by atoms with Crippen LogP contribution in [0.1, 0.15) is 0 Å². The maximum atomic E-state index is 12.3. The molecule has 2 saturated heterocycles. The van der Waals surface area contributed by atoms with Crippen molar-refractivity contribution in [3.8, 4) is 0 Å². The van der Waals surface area contributed by atoms with Crippen LogP contribution >= 0.6 is 12.2 Å². The predicted octanol–water partition coefficient (Wildman–Crippen LogP) is -3.44. The fourth-order valence-electron chi connectivity index (χ4n) is 2.60. The fourth-order valence-corrected chi connectivity index (χ4v) is 2.86. The highest BCUT2D eigenvalue weighted by atomic mass is 32.1. The van der Waals surface area contributed by atoms with Gasteiger partial charge in [-0.3, -0.25) is 19.5 Å². The van der Waals surface area contributed by atoms with Gasteiger partial charge in [0, 0.05) is 12.8 Å². The van der Waals surface area contributed by atoms with Gasteiger partial charge in [-0.25, -0.2) is 0 Å². The van der Waals surface area contributed by atoms with Crippen LogP contribution in [0.3, 0.4) is 0 Å². The van der Waals surface area contributed by atoms with E-state index in [1.807, 2.05) is 0 Å². The van der Waals surface area contributed by atoms with Gasteiger partial charge in [-0.1, -0.05) is 6.08 Å². The van der Waals surface area contributed by atoms with Gasteiger partial charge in [0.2, 0.25) is 11.8 Å². The van der Waals surface area contributed by atoms with Crippen molar-refractivity contribution in [2.24, 2.45) is 10.9 Å². The van der Waals surface area contributed by atoms with E-state index < -0.39 is 11.8 Å². The van der Waals surface area contributed by atoms with Gasteiger partial charge < -0.3 is 15.5 Å². The van der Waals surface area contributed by atoms with Crippen molar-refractivity contribution in [1.82, 2.24) is 10.2 Å². The van der Waals surface area contributed by atoms with E-state index in [1.165, 1.54) is 16.0 Å². The number of thiocarbonyl (C=S) groups is 1. The highest BCUT2D eigenvalue weighted by molar-refractivity contribution is 7.80. The molecule has 0 aromatic heterocycles. The van der Waals surface area contributed by atoms with E-state index in [1.54, 1.807) is 6.08 Å². The molecule has 0 aromatic rings. The van der Waals surface area contributed by atoms with Crippen LogP contribution in [0.15, 0.2) is 17.6 Å². The molecule has 8 heteroatoms. The number of nitrogens with two attached hydrogens (primary N) is 1. The molecule has 2 heterocycles. The molecule has 2 rings (SSSR count). The Balaban J connectivity index is 1.87. The minimum atomic E-state index is -0.892.